The standard InChI is InChI=1S/C16H14Br2O3/c1-9-6-10(2-3-12(9)17)16(19)11-7-14-15(8-13(11)18)21-5-4-20-14/h2-3,6-8,16,19H,4-5H2,1H3. The van der Waals surface area contributed by atoms with E-state index >= 15 is 0 Å². The molecule has 1 aliphatic heterocycles. The fourth-order valence-corrected chi connectivity index (χ4v) is 3.09. The third kappa shape index (κ3) is 2.96. The lowest BCUT2D eigenvalue weighted by molar-refractivity contribution is 0.169. The van der Waals surface area contributed by atoms with Crippen LogP contribution in [0.25, 0.3) is 0 Å². The first kappa shape index (κ1) is 14.9. The van der Waals surface area contributed by atoms with Crippen molar-refractivity contribution >= 4 is 31.9 Å². The van der Waals surface area contributed by atoms with Crippen LogP contribution in [-0.2, 0) is 0 Å². The molecule has 0 bridgehead atoms. The SMILES string of the molecule is Cc1cc(C(O)c2cc3c(cc2Br)OCCO3)ccc1Br. The molecule has 2 aromatic carbocycles. The molecule has 1 N–H and O–H groups in total. The summed E-state index contributed by atoms with van der Waals surface area (Å²) in [6.07, 6.45) is -0.720. The molecule has 0 fully saturated rings. The van der Waals surface area contributed by atoms with Crippen LogP contribution < -0.4 is 9.47 Å². The van der Waals surface area contributed by atoms with Gasteiger partial charge in [-0.2, -0.15) is 0 Å². The largest absolute Gasteiger partial charge is 0.486 e. The van der Waals surface area contributed by atoms with Crippen molar-refractivity contribution in [2.24, 2.45) is 0 Å². The van der Waals surface area contributed by atoms with Crippen molar-refractivity contribution in [2.75, 3.05) is 13.2 Å². The zero-order valence-electron chi connectivity index (χ0n) is 11.4. The van der Waals surface area contributed by atoms with Crippen molar-refractivity contribution in [3.8, 4) is 11.5 Å². The second-order valence-electron chi connectivity index (χ2n) is 4.93. The molecule has 0 aromatic heterocycles. The maximum atomic E-state index is 10.6. The highest BCUT2D eigenvalue weighted by Crippen LogP contribution is 2.39. The van der Waals surface area contributed by atoms with Crippen LogP contribution in [0.1, 0.15) is 22.8 Å². The summed E-state index contributed by atoms with van der Waals surface area (Å²) < 4.78 is 13.0. The summed E-state index contributed by atoms with van der Waals surface area (Å²) in [4.78, 5) is 0. The maximum absolute atomic E-state index is 10.6. The highest BCUT2D eigenvalue weighted by atomic mass is 79.9. The molecule has 0 radical (unpaired) electrons. The summed E-state index contributed by atoms with van der Waals surface area (Å²) in [7, 11) is 0. The summed E-state index contributed by atoms with van der Waals surface area (Å²) in [5.74, 6) is 1.38. The average Bonchev–Trinajstić information content (AvgIpc) is 2.48. The highest BCUT2D eigenvalue weighted by molar-refractivity contribution is 9.10. The summed E-state index contributed by atoms with van der Waals surface area (Å²) >= 11 is 6.97. The van der Waals surface area contributed by atoms with Gasteiger partial charge in [0, 0.05) is 14.5 Å². The minimum Gasteiger partial charge on any atom is -0.486 e. The number of benzene rings is 2. The van der Waals surface area contributed by atoms with Crippen LogP contribution in [-0.4, -0.2) is 18.3 Å². The number of rotatable bonds is 2. The van der Waals surface area contributed by atoms with Crippen molar-refractivity contribution in [3.63, 3.8) is 0 Å². The number of aliphatic hydroxyl groups excluding tert-OH is 1. The van der Waals surface area contributed by atoms with Gasteiger partial charge >= 0.3 is 0 Å². The Morgan fingerprint density at radius 3 is 2.33 bits per heavy atom. The lowest BCUT2D eigenvalue weighted by Crippen LogP contribution is -2.16. The Bertz CT molecular complexity index is 685. The number of hydrogen-bond acceptors (Lipinski definition) is 3. The van der Waals surface area contributed by atoms with Gasteiger partial charge < -0.3 is 14.6 Å². The van der Waals surface area contributed by atoms with Crippen LogP contribution in [0.15, 0.2) is 39.3 Å². The van der Waals surface area contributed by atoms with Crippen LogP contribution >= 0.6 is 31.9 Å². The van der Waals surface area contributed by atoms with Gasteiger partial charge in [0.1, 0.15) is 19.3 Å². The van der Waals surface area contributed by atoms with Crippen molar-refractivity contribution < 1.29 is 14.6 Å². The van der Waals surface area contributed by atoms with E-state index in [1.807, 2.05) is 37.3 Å². The minimum absolute atomic E-state index is 0.529. The second kappa shape index (κ2) is 5.99. The van der Waals surface area contributed by atoms with Crippen molar-refractivity contribution in [2.45, 2.75) is 13.0 Å². The second-order valence-corrected chi connectivity index (χ2v) is 6.64. The summed E-state index contributed by atoms with van der Waals surface area (Å²) in [6, 6.07) is 9.50. The number of aliphatic hydroxyl groups is 1. The molecule has 3 nitrogen and oxygen atoms in total. The Kier molecular flexibility index (Phi) is 4.24. The van der Waals surface area contributed by atoms with Crippen LogP contribution in [0.5, 0.6) is 11.5 Å². The molecule has 0 aliphatic carbocycles. The van der Waals surface area contributed by atoms with Crippen LogP contribution in [0.2, 0.25) is 0 Å². The molecule has 5 heteroatoms. The molecule has 1 atom stereocenters. The van der Waals surface area contributed by atoms with Crippen molar-refractivity contribution in [3.05, 3.63) is 56.0 Å². The highest BCUT2D eigenvalue weighted by Gasteiger charge is 2.20. The van der Waals surface area contributed by atoms with Gasteiger partial charge in [0.15, 0.2) is 11.5 Å². The predicted molar refractivity (Wildman–Crippen MR) is 88.1 cm³/mol. The molecule has 0 amide bonds. The Balaban J connectivity index is 2.00. The molecule has 0 saturated carbocycles. The number of hydrogen-bond donors (Lipinski definition) is 1. The molecular weight excluding hydrogens is 400 g/mol. The fourth-order valence-electron chi connectivity index (χ4n) is 2.31. The number of halogens is 2. The van der Waals surface area contributed by atoms with Gasteiger partial charge in [-0.25, -0.2) is 0 Å². The Morgan fingerprint density at radius 1 is 1.00 bits per heavy atom. The van der Waals surface area contributed by atoms with Crippen LogP contribution in [0, 0.1) is 6.92 Å². The van der Waals surface area contributed by atoms with E-state index in [-0.39, 0.29) is 0 Å². The lowest BCUT2D eigenvalue weighted by atomic mass is 9.99. The quantitative estimate of drug-likeness (QED) is 0.794. The predicted octanol–water partition coefficient (Wildman–Crippen LogP) is 4.37. The number of ether oxygens (including phenoxy) is 2. The van der Waals surface area contributed by atoms with Gasteiger partial charge in [0.2, 0.25) is 0 Å². The van der Waals surface area contributed by atoms with E-state index in [1.54, 1.807) is 0 Å². The van der Waals surface area contributed by atoms with Gasteiger partial charge in [-0.05, 0) is 36.2 Å². The Morgan fingerprint density at radius 2 is 1.67 bits per heavy atom. The zero-order chi connectivity index (χ0) is 15.0. The van der Waals surface area contributed by atoms with Crippen LogP contribution in [0.4, 0.5) is 0 Å². The first-order chi connectivity index (χ1) is 10.1. The van der Waals surface area contributed by atoms with Gasteiger partial charge in [-0.3, -0.25) is 0 Å². The molecule has 3 rings (SSSR count). The third-order valence-corrected chi connectivity index (χ3v) is 5.03. The topological polar surface area (TPSA) is 38.7 Å². The lowest BCUT2D eigenvalue weighted by Gasteiger charge is -2.22. The van der Waals surface area contributed by atoms with E-state index in [0.29, 0.717) is 24.7 Å². The van der Waals surface area contributed by atoms with E-state index in [4.69, 9.17) is 9.47 Å². The molecule has 1 unspecified atom stereocenters. The molecular formula is C16H14Br2O3. The Hall–Kier alpha value is -1.04. The Labute approximate surface area is 140 Å². The molecule has 110 valence electrons. The molecule has 1 heterocycles. The van der Waals surface area contributed by atoms with Gasteiger partial charge in [-0.1, -0.05) is 44.0 Å². The first-order valence-electron chi connectivity index (χ1n) is 6.59. The van der Waals surface area contributed by atoms with Crippen molar-refractivity contribution in [1.82, 2.24) is 0 Å². The first-order valence-corrected chi connectivity index (χ1v) is 8.18. The number of fused-ring (bicyclic) bond motifs is 1. The average molecular weight is 414 g/mol. The fraction of sp³-hybridized carbons (Fsp3) is 0.250. The molecule has 0 spiro atoms. The zero-order valence-corrected chi connectivity index (χ0v) is 14.6. The van der Waals surface area contributed by atoms with E-state index in [1.165, 1.54) is 0 Å². The van der Waals surface area contributed by atoms with E-state index in [9.17, 15) is 5.11 Å². The van der Waals surface area contributed by atoms with E-state index in [2.05, 4.69) is 31.9 Å². The monoisotopic (exact) mass is 412 g/mol. The van der Waals surface area contributed by atoms with Gasteiger partial charge in [-0.15, -0.1) is 0 Å². The van der Waals surface area contributed by atoms with Gasteiger partial charge in [0.25, 0.3) is 0 Å². The molecule has 1 aliphatic rings. The van der Waals surface area contributed by atoms with Gasteiger partial charge in [0.05, 0.1) is 0 Å². The van der Waals surface area contributed by atoms with E-state index < -0.39 is 6.10 Å². The smallest absolute Gasteiger partial charge is 0.162 e. The molecule has 21 heavy (non-hydrogen) atoms. The summed E-state index contributed by atoms with van der Waals surface area (Å²) in [5.41, 5.74) is 2.69. The third-order valence-electron chi connectivity index (χ3n) is 3.45. The van der Waals surface area contributed by atoms with E-state index in [0.717, 1.165) is 25.6 Å². The summed E-state index contributed by atoms with van der Waals surface area (Å²) in [5, 5.41) is 10.6. The molecule has 2 aromatic rings. The maximum Gasteiger partial charge on any atom is 0.162 e. The normalized spacial score (nSPS) is 14.9. The van der Waals surface area contributed by atoms with Crippen molar-refractivity contribution in [1.29, 1.82) is 0 Å². The number of aryl methyl sites for hydroxylation is 1. The minimum atomic E-state index is -0.720. The summed E-state index contributed by atoms with van der Waals surface area (Å²) in [6.45, 7) is 3.08. The molecule has 0 saturated heterocycles. The van der Waals surface area contributed by atoms with Crippen LogP contribution in [0.3, 0.4) is 0 Å².